The summed E-state index contributed by atoms with van der Waals surface area (Å²) in [4.78, 5) is 38.3. The quantitative estimate of drug-likeness (QED) is 0.0261. The topological polar surface area (TPSA) is 78.9 Å². The molecule has 0 fully saturated rings. The highest BCUT2D eigenvalue weighted by Crippen LogP contribution is 2.17. The van der Waals surface area contributed by atoms with Gasteiger partial charge in [-0.15, -0.1) is 0 Å². The van der Waals surface area contributed by atoms with Crippen molar-refractivity contribution < 1.29 is 28.6 Å². The molecule has 80 heavy (non-hydrogen) atoms. The van der Waals surface area contributed by atoms with E-state index in [0.29, 0.717) is 19.3 Å². The van der Waals surface area contributed by atoms with Crippen LogP contribution in [0, 0.1) is 0 Å². The smallest absolute Gasteiger partial charge is 0.306 e. The fourth-order valence-corrected chi connectivity index (χ4v) is 9.93. The van der Waals surface area contributed by atoms with Crippen LogP contribution in [-0.4, -0.2) is 37.2 Å². The molecule has 1 atom stereocenters. The normalized spacial score (nSPS) is 12.6. The van der Waals surface area contributed by atoms with Crippen molar-refractivity contribution in [2.24, 2.45) is 0 Å². The van der Waals surface area contributed by atoms with Crippen molar-refractivity contribution in [3.8, 4) is 0 Å². The van der Waals surface area contributed by atoms with Crippen LogP contribution >= 0.6 is 0 Å². The van der Waals surface area contributed by atoms with Gasteiger partial charge in [0.25, 0.3) is 0 Å². The maximum absolute atomic E-state index is 12.9. The molecule has 1 unspecified atom stereocenters. The summed E-state index contributed by atoms with van der Waals surface area (Å²) in [7, 11) is 0. The Bertz CT molecular complexity index is 1520. The number of ether oxygens (including phenoxy) is 3. The minimum atomic E-state index is -0.788. The molecular formula is C74H130O6. The molecule has 0 radical (unpaired) electrons. The summed E-state index contributed by atoms with van der Waals surface area (Å²) in [6.07, 6.45) is 90.4. The molecule has 0 amide bonds. The summed E-state index contributed by atoms with van der Waals surface area (Å²) < 4.78 is 16.9. The number of carbonyl (C=O) groups excluding carboxylic acids is 3. The van der Waals surface area contributed by atoms with Crippen LogP contribution in [-0.2, 0) is 28.6 Å². The first-order valence-corrected chi connectivity index (χ1v) is 34.6. The molecular weight excluding hydrogens is 985 g/mol. The van der Waals surface area contributed by atoms with Gasteiger partial charge in [-0.1, -0.05) is 298 Å². The molecule has 0 aromatic carbocycles. The lowest BCUT2D eigenvalue weighted by Crippen LogP contribution is -2.30. The van der Waals surface area contributed by atoms with Gasteiger partial charge in [0, 0.05) is 19.3 Å². The monoisotopic (exact) mass is 1110 g/mol. The van der Waals surface area contributed by atoms with Crippen LogP contribution in [0.1, 0.15) is 348 Å². The Morgan fingerprint density at radius 3 is 0.800 bits per heavy atom. The number of allylic oxidation sites excluding steroid dienone is 14. The molecule has 0 aliphatic carbocycles. The third kappa shape index (κ3) is 65.4. The van der Waals surface area contributed by atoms with Crippen LogP contribution < -0.4 is 0 Å². The number of hydrogen-bond donors (Lipinski definition) is 0. The van der Waals surface area contributed by atoms with E-state index in [0.717, 1.165) is 109 Å². The summed E-state index contributed by atoms with van der Waals surface area (Å²) in [5.74, 6) is -0.891. The minimum absolute atomic E-state index is 0.0823. The summed E-state index contributed by atoms with van der Waals surface area (Å²) in [5.41, 5.74) is 0. The van der Waals surface area contributed by atoms with Crippen LogP contribution in [0.25, 0.3) is 0 Å². The van der Waals surface area contributed by atoms with Crippen LogP contribution in [0.3, 0.4) is 0 Å². The summed E-state index contributed by atoms with van der Waals surface area (Å²) in [5, 5.41) is 0. The van der Waals surface area contributed by atoms with Gasteiger partial charge >= 0.3 is 17.9 Å². The van der Waals surface area contributed by atoms with Gasteiger partial charge in [0.05, 0.1) is 0 Å². The first-order chi connectivity index (χ1) is 39.5. The summed E-state index contributed by atoms with van der Waals surface area (Å²) in [6, 6.07) is 0. The van der Waals surface area contributed by atoms with Crippen molar-refractivity contribution in [3.63, 3.8) is 0 Å². The van der Waals surface area contributed by atoms with Gasteiger partial charge in [0.2, 0.25) is 0 Å². The highest BCUT2D eigenvalue weighted by Gasteiger charge is 2.19. The van der Waals surface area contributed by atoms with E-state index in [4.69, 9.17) is 14.2 Å². The van der Waals surface area contributed by atoms with Crippen molar-refractivity contribution in [1.29, 1.82) is 0 Å². The van der Waals surface area contributed by atoms with Crippen molar-refractivity contribution in [1.82, 2.24) is 0 Å². The van der Waals surface area contributed by atoms with E-state index in [1.807, 2.05) is 0 Å². The van der Waals surface area contributed by atoms with Crippen LogP contribution in [0.15, 0.2) is 85.1 Å². The van der Waals surface area contributed by atoms with Gasteiger partial charge in [0.15, 0.2) is 6.10 Å². The number of unbranched alkanes of at least 4 members (excludes halogenated alkanes) is 38. The third-order valence-electron chi connectivity index (χ3n) is 15.1. The fourth-order valence-electron chi connectivity index (χ4n) is 9.93. The lowest BCUT2D eigenvalue weighted by atomic mass is 10.0. The average molecular weight is 1120 g/mol. The molecule has 462 valence electrons. The lowest BCUT2D eigenvalue weighted by molar-refractivity contribution is -0.167. The predicted molar refractivity (Wildman–Crippen MR) is 348 cm³/mol. The SMILES string of the molecule is CC/C=C\C/C=C\C/C=C\C/C=C\CCCCCCCCC(=O)OC(COC(=O)CCCCCCC/C=C\CCCCC)COC(=O)CCCCCCCCCCCCCCCCCCCCC/C=C\C/C=C\CCCCCCC. The Morgan fingerprint density at radius 2 is 0.487 bits per heavy atom. The molecule has 0 saturated heterocycles. The Kier molecular flexibility index (Phi) is 65.2. The van der Waals surface area contributed by atoms with Crippen LogP contribution in [0.5, 0.6) is 0 Å². The van der Waals surface area contributed by atoms with Gasteiger partial charge in [-0.05, 0) is 116 Å². The van der Waals surface area contributed by atoms with E-state index in [1.165, 1.54) is 199 Å². The Hall–Kier alpha value is -3.41. The van der Waals surface area contributed by atoms with Crippen LogP contribution in [0.4, 0.5) is 0 Å². The zero-order valence-corrected chi connectivity index (χ0v) is 53.1. The molecule has 0 N–H and O–H groups in total. The van der Waals surface area contributed by atoms with Crippen LogP contribution in [0.2, 0.25) is 0 Å². The van der Waals surface area contributed by atoms with Gasteiger partial charge in [-0.2, -0.15) is 0 Å². The Morgan fingerprint density at radius 1 is 0.263 bits per heavy atom. The Labute approximate surface area is 496 Å². The molecule has 0 aliphatic rings. The molecule has 6 nitrogen and oxygen atoms in total. The van der Waals surface area contributed by atoms with Crippen molar-refractivity contribution >= 4 is 17.9 Å². The van der Waals surface area contributed by atoms with E-state index in [9.17, 15) is 14.4 Å². The van der Waals surface area contributed by atoms with Gasteiger partial charge in [-0.3, -0.25) is 14.4 Å². The molecule has 0 bridgehead atoms. The zero-order valence-electron chi connectivity index (χ0n) is 53.1. The van der Waals surface area contributed by atoms with E-state index in [2.05, 4.69) is 106 Å². The number of rotatable bonds is 63. The second kappa shape index (κ2) is 68.1. The summed E-state index contributed by atoms with van der Waals surface area (Å²) in [6.45, 7) is 6.51. The zero-order chi connectivity index (χ0) is 57.8. The first-order valence-electron chi connectivity index (χ1n) is 34.6. The average Bonchev–Trinajstić information content (AvgIpc) is 3.46. The van der Waals surface area contributed by atoms with Crippen molar-refractivity contribution in [2.75, 3.05) is 13.2 Å². The van der Waals surface area contributed by atoms with Gasteiger partial charge < -0.3 is 14.2 Å². The third-order valence-corrected chi connectivity index (χ3v) is 15.1. The number of hydrogen-bond acceptors (Lipinski definition) is 6. The molecule has 0 heterocycles. The maximum Gasteiger partial charge on any atom is 0.306 e. The molecule has 0 spiro atoms. The van der Waals surface area contributed by atoms with E-state index in [-0.39, 0.29) is 31.1 Å². The Balaban J connectivity index is 4.19. The van der Waals surface area contributed by atoms with E-state index in [1.54, 1.807) is 0 Å². The largest absolute Gasteiger partial charge is 0.462 e. The van der Waals surface area contributed by atoms with E-state index >= 15 is 0 Å². The highest BCUT2D eigenvalue weighted by molar-refractivity contribution is 5.71. The minimum Gasteiger partial charge on any atom is -0.462 e. The summed E-state index contributed by atoms with van der Waals surface area (Å²) >= 11 is 0. The second-order valence-corrected chi connectivity index (χ2v) is 23.1. The molecule has 0 rings (SSSR count). The van der Waals surface area contributed by atoms with Crippen molar-refractivity contribution in [3.05, 3.63) is 85.1 Å². The molecule has 0 saturated carbocycles. The molecule has 0 aromatic rings. The number of esters is 3. The predicted octanol–water partition coefficient (Wildman–Crippen LogP) is 23.8. The number of carbonyl (C=O) groups is 3. The molecule has 0 aliphatic heterocycles. The van der Waals surface area contributed by atoms with Crippen molar-refractivity contribution in [2.45, 2.75) is 354 Å². The standard InChI is InChI=1S/C74H130O6/c1-4-7-10-13-16-19-22-25-27-29-31-32-33-34-35-36-37-38-39-40-41-42-44-45-47-49-52-55-58-61-64-67-73(76)79-70-71(69-78-72(75)66-63-60-57-54-51-24-21-18-15-12-9-6-3)80-74(77)68-65-62-59-56-53-50-48-46-43-30-28-26-23-20-17-14-11-8-5-2/h8,11,17-18,20-22,25-26,28-29,31,43,46,71H,4-7,9-10,12-16,19,23-24,27,30,32-42,44-45,47-70H2,1-3H3/b11-8-,20-17-,21-18-,25-22-,28-26-,31-29-,46-43-. The fraction of sp³-hybridized carbons (Fsp3) is 0.770. The lowest BCUT2D eigenvalue weighted by Gasteiger charge is -2.18. The molecule has 6 heteroatoms. The first kappa shape index (κ1) is 76.6. The van der Waals surface area contributed by atoms with Gasteiger partial charge in [-0.25, -0.2) is 0 Å². The highest BCUT2D eigenvalue weighted by atomic mass is 16.6. The maximum atomic E-state index is 12.9. The van der Waals surface area contributed by atoms with Gasteiger partial charge in [0.1, 0.15) is 13.2 Å². The molecule has 0 aromatic heterocycles. The van der Waals surface area contributed by atoms with E-state index < -0.39 is 6.10 Å². The second-order valence-electron chi connectivity index (χ2n) is 23.1.